The Hall–Kier alpha value is -3.23. The topological polar surface area (TPSA) is 135 Å². The Kier molecular flexibility index (Phi) is 5.63. The van der Waals surface area contributed by atoms with Crippen molar-refractivity contribution in [2.24, 2.45) is 0 Å². The van der Waals surface area contributed by atoms with Gasteiger partial charge in [0.25, 0.3) is 0 Å². The molecule has 1 saturated heterocycles. The minimum Gasteiger partial charge on any atom is -0.481 e. The van der Waals surface area contributed by atoms with Crippen LogP contribution in [0, 0.1) is 11.8 Å². The third-order valence-corrected chi connectivity index (χ3v) is 5.39. The maximum absolute atomic E-state index is 10.4. The van der Waals surface area contributed by atoms with Crippen molar-refractivity contribution in [1.82, 2.24) is 19.5 Å². The summed E-state index contributed by atoms with van der Waals surface area (Å²) in [5.41, 5.74) is 0.923. The molecule has 32 heavy (non-hydrogen) atoms. The smallest absolute Gasteiger partial charge is 0.209 e. The summed E-state index contributed by atoms with van der Waals surface area (Å²) in [6.45, 7) is -0.242. The highest BCUT2D eigenvalue weighted by molar-refractivity contribution is 5.83. The van der Waals surface area contributed by atoms with E-state index in [0.717, 1.165) is 18.6 Å². The van der Waals surface area contributed by atoms with Crippen molar-refractivity contribution in [2.75, 3.05) is 18.5 Å². The average Bonchev–Trinajstić information content (AvgIpc) is 3.46. The normalized spacial score (nSPS) is 24.8. The number of benzene rings is 1. The van der Waals surface area contributed by atoms with Gasteiger partial charge in [0.2, 0.25) is 5.82 Å². The lowest BCUT2D eigenvalue weighted by Crippen LogP contribution is -2.33. The molecule has 1 aromatic carbocycles. The van der Waals surface area contributed by atoms with E-state index in [2.05, 4.69) is 32.1 Å². The van der Waals surface area contributed by atoms with Gasteiger partial charge < -0.3 is 30.1 Å². The van der Waals surface area contributed by atoms with Gasteiger partial charge >= 0.3 is 0 Å². The molecule has 10 heteroatoms. The van der Waals surface area contributed by atoms with Crippen LogP contribution in [0.4, 0.5) is 5.82 Å². The summed E-state index contributed by atoms with van der Waals surface area (Å²) in [5.74, 6) is 7.37. The van der Waals surface area contributed by atoms with Gasteiger partial charge in [-0.05, 0) is 30.9 Å². The minimum atomic E-state index is -1.24. The highest BCUT2D eigenvalue weighted by Gasteiger charge is 2.44. The number of nitrogens with zero attached hydrogens (tertiary/aromatic N) is 4. The highest BCUT2D eigenvalue weighted by atomic mass is 16.6. The van der Waals surface area contributed by atoms with Gasteiger partial charge in [-0.2, -0.15) is 0 Å². The minimum absolute atomic E-state index is 0.172. The average molecular weight is 437 g/mol. The maximum atomic E-state index is 10.4. The zero-order valence-corrected chi connectivity index (χ0v) is 17.1. The van der Waals surface area contributed by atoms with Gasteiger partial charge in [0.15, 0.2) is 23.2 Å². The Bertz CT molecular complexity index is 1150. The van der Waals surface area contributed by atoms with Crippen LogP contribution >= 0.6 is 0 Å². The van der Waals surface area contributed by atoms with Gasteiger partial charge in [0.1, 0.15) is 30.7 Å². The van der Waals surface area contributed by atoms with Crippen LogP contribution in [0.1, 0.15) is 24.9 Å². The molecule has 1 saturated carbocycles. The van der Waals surface area contributed by atoms with Gasteiger partial charge in [-0.25, -0.2) is 15.0 Å². The molecule has 2 aliphatic rings. The molecule has 2 fully saturated rings. The number of para-hydroxylation sites is 1. The van der Waals surface area contributed by atoms with Crippen LogP contribution in [0.25, 0.3) is 11.2 Å². The SMILES string of the molecule is OC[C@H]1OC(n2cnc3c(NC4CC4)nc(C#CCOc4ccccc4)nc32)[C@H](O)C1O. The Labute approximate surface area is 183 Å². The third-order valence-electron chi connectivity index (χ3n) is 5.39. The first-order chi connectivity index (χ1) is 15.6. The van der Waals surface area contributed by atoms with Crippen LogP contribution in [0.2, 0.25) is 0 Å². The van der Waals surface area contributed by atoms with Crippen molar-refractivity contribution in [3.63, 3.8) is 0 Å². The molecule has 2 unspecified atom stereocenters. The summed E-state index contributed by atoms with van der Waals surface area (Å²) in [6.07, 6.45) is -0.727. The molecule has 0 amide bonds. The molecule has 5 rings (SSSR count). The predicted molar refractivity (Wildman–Crippen MR) is 114 cm³/mol. The third kappa shape index (κ3) is 4.11. The van der Waals surface area contributed by atoms with E-state index in [1.54, 1.807) is 0 Å². The molecule has 166 valence electrons. The Morgan fingerprint density at radius 2 is 1.97 bits per heavy atom. The van der Waals surface area contributed by atoms with Gasteiger partial charge in [-0.15, -0.1) is 0 Å². The van der Waals surface area contributed by atoms with E-state index < -0.39 is 31.1 Å². The number of imidazole rings is 1. The number of rotatable bonds is 6. The fourth-order valence-electron chi connectivity index (χ4n) is 3.54. The predicted octanol–water partition coefficient (Wildman–Crippen LogP) is 0.443. The molecule has 1 aliphatic heterocycles. The van der Waals surface area contributed by atoms with Gasteiger partial charge in [0.05, 0.1) is 12.9 Å². The standard InChI is InChI=1S/C22H23N5O5/c28-11-15-18(29)19(30)22(32-15)27-12-23-17-20(24-13-8-9-13)25-16(26-21(17)27)7-4-10-31-14-5-2-1-3-6-14/h1-3,5-6,12-13,15,18-19,22,28-30H,8-11H2,(H,24,25,26)/t15-,18?,19-,22?/m1/s1. The molecule has 10 nitrogen and oxygen atoms in total. The second kappa shape index (κ2) is 8.72. The molecule has 0 radical (unpaired) electrons. The lowest BCUT2D eigenvalue weighted by molar-refractivity contribution is -0.0511. The van der Waals surface area contributed by atoms with Gasteiger partial charge in [-0.3, -0.25) is 4.57 Å². The monoisotopic (exact) mass is 437 g/mol. The first kappa shape index (κ1) is 20.7. The van der Waals surface area contributed by atoms with Gasteiger partial charge in [-0.1, -0.05) is 24.1 Å². The van der Waals surface area contributed by atoms with Crippen molar-refractivity contribution >= 4 is 17.0 Å². The number of hydrogen-bond acceptors (Lipinski definition) is 9. The molecular formula is C22H23N5O5. The molecule has 3 aromatic rings. The van der Waals surface area contributed by atoms with Crippen LogP contribution < -0.4 is 10.1 Å². The Morgan fingerprint density at radius 1 is 1.16 bits per heavy atom. The van der Waals surface area contributed by atoms with Crippen molar-refractivity contribution in [3.05, 3.63) is 42.5 Å². The van der Waals surface area contributed by atoms with Crippen LogP contribution in [-0.2, 0) is 4.74 Å². The number of aliphatic hydroxyl groups is 3. The van der Waals surface area contributed by atoms with E-state index in [1.807, 2.05) is 30.3 Å². The largest absolute Gasteiger partial charge is 0.481 e. The summed E-state index contributed by atoms with van der Waals surface area (Å²) in [6, 6.07) is 9.70. The number of aliphatic hydroxyl groups excluding tert-OH is 3. The second-order valence-corrected chi connectivity index (χ2v) is 7.77. The van der Waals surface area contributed by atoms with Gasteiger partial charge in [0, 0.05) is 6.04 Å². The van der Waals surface area contributed by atoms with Crippen molar-refractivity contribution in [2.45, 2.75) is 43.4 Å². The molecule has 1 aliphatic carbocycles. The van der Waals surface area contributed by atoms with Crippen LogP contribution in [0.5, 0.6) is 5.75 Å². The molecule has 4 atom stereocenters. The summed E-state index contributed by atoms with van der Waals surface area (Å²) >= 11 is 0. The summed E-state index contributed by atoms with van der Waals surface area (Å²) in [4.78, 5) is 13.4. The number of nitrogens with one attached hydrogen (secondary N) is 1. The van der Waals surface area contributed by atoms with E-state index in [9.17, 15) is 15.3 Å². The Balaban J connectivity index is 1.45. The second-order valence-electron chi connectivity index (χ2n) is 7.77. The first-order valence-electron chi connectivity index (χ1n) is 10.4. The number of anilines is 1. The lowest BCUT2D eigenvalue weighted by atomic mass is 10.1. The molecule has 0 spiro atoms. The van der Waals surface area contributed by atoms with Crippen molar-refractivity contribution in [1.29, 1.82) is 0 Å². The van der Waals surface area contributed by atoms with Crippen molar-refractivity contribution in [3.8, 4) is 17.6 Å². The molecule has 3 heterocycles. The summed E-state index contributed by atoms with van der Waals surface area (Å²) < 4.78 is 12.8. The number of ether oxygens (including phenoxy) is 2. The van der Waals surface area contributed by atoms with E-state index in [-0.39, 0.29) is 12.4 Å². The van der Waals surface area contributed by atoms with Crippen LogP contribution in [0.3, 0.4) is 0 Å². The number of fused-ring (bicyclic) bond motifs is 1. The fraction of sp³-hybridized carbons (Fsp3) is 0.409. The van der Waals surface area contributed by atoms with Crippen molar-refractivity contribution < 1.29 is 24.8 Å². The maximum Gasteiger partial charge on any atom is 0.209 e. The summed E-state index contributed by atoms with van der Waals surface area (Å²) in [5, 5.41) is 33.3. The van der Waals surface area contributed by atoms with Crippen LogP contribution in [-0.4, -0.2) is 72.4 Å². The van der Waals surface area contributed by atoms with E-state index in [1.165, 1.54) is 10.9 Å². The molecule has 0 bridgehead atoms. The first-order valence-corrected chi connectivity index (χ1v) is 10.4. The van der Waals surface area contributed by atoms with Crippen LogP contribution in [0.15, 0.2) is 36.7 Å². The van der Waals surface area contributed by atoms with E-state index >= 15 is 0 Å². The Morgan fingerprint density at radius 3 is 2.69 bits per heavy atom. The van der Waals surface area contributed by atoms with E-state index in [0.29, 0.717) is 23.0 Å². The number of aromatic nitrogens is 4. The fourth-order valence-corrected chi connectivity index (χ4v) is 3.54. The molecule has 2 aromatic heterocycles. The van der Waals surface area contributed by atoms with E-state index in [4.69, 9.17) is 9.47 Å². The molecule has 4 N–H and O–H groups in total. The summed E-state index contributed by atoms with van der Waals surface area (Å²) in [7, 11) is 0. The highest BCUT2D eigenvalue weighted by Crippen LogP contribution is 2.33. The number of hydrogen-bond donors (Lipinski definition) is 4. The quantitative estimate of drug-likeness (QED) is 0.405. The zero-order chi connectivity index (χ0) is 22.1. The zero-order valence-electron chi connectivity index (χ0n) is 17.1. The molecular weight excluding hydrogens is 414 g/mol. The lowest BCUT2D eigenvalue weighted by Gasteiger charge is -2.16.